The van der Waals surface area contributed by atoms with Gasteiger partial charge in [0, 0.05) is 16.2 Å². The third kappa shape index (κ3) is 3.76. The minimum Gasteiger partial charge on any atom is -0.339 e. The third-order valence-electron chi connectivity index (χ3n) is 2.19. The number of hydrogen-bond donors (Lipinski definition) is 1. The Kier molecular flexibility index (Phi) is 4.38. The molecule has 1 atom stereocenters. The van der Waals surface area contributed by atoms with Crippen molar-refractivity contribution in [1.29, 1.82) is 0 Å². The molecular weight excluding hydrogens is 274 g/mol. The van der Waals surface area contributed by atoms with E-state index in [0.29, 0.717) is 5.56 Å². The summed E-state index contributed by atoms with van der Waals surface area (Å²) < 4.78 is 22.5. The molecule has 4 nitrogen and oxygen atoms in total. The predicted molar refractivity (Wildman–Crippen MR) is 70.0 cm³/mol. The zero-order valence-electron chi connectivity index (χ0n) is 9.90. The molecule has 0 aliphatic heterocycles. The van der Waals surface area contributed by atoms with Crippen molar-refractivity contribution in [2.75, 3.05) is 0 Å². The summed E-state index contributed by atoms with van der Waals surface area (Å²) in [5, 5.41) is 2.54. The minimum absolute atomic E-state index is 0.109. The van der Waals surface area contributed by atoms with Crippen LogP contribution < -0.4 is 5.32 Å². The first-order valence-corrected chi connectivity index (χ1v) is 7.38. The number of halogens is 1. The third-order valence-corrected chi connectivity index (χ3v) is 3.53. The number of terminal acetylenes is 1. The zero-order valence-corrected chi connectivity index (χ0v) is 11.5. The molecule has 1 amide bonds. The predicted octanol–water partition coefficient (Wildman–Crippen LogP) is 1.67. The van der Waals surface area contributed by atoms with Crippen LogP contribution in [0.15, 0.2) is 23.1 Å². The molecule has 1 aromatic carbocycles. The first-order valence-electron chi connectivity index (χ1n) is 5.07. The molecule has 0 spiro atoms. The van der Waals surface area contributed by atoms with Crippen LogP contribution in [0.25, 0.3) is 0 Å². The topological polar surface area (TPSA) is 63.2 Å². The lowest BCUT2D eigenvalue weighted by Gasteiger charge is -2.09. The molecule has 0 saturated carbocycles. The molecule has 0 aliphatic rings. The van der Waals surface area contributed by atoms with E-state index in [1.54, 1.807) is 19.9 Å². The van der Waals surface area contributed by atoms with Crippen LogP contribution in [-0.4, -0.2) is 20.4 Å². The number of nitrogens with one attached hydrogen (secondary N) is 1. The standard InChI is InChI=1S/C12H12ClNO3S/c1-4-9(3)14-12(15)10-5-8(2)6-11(7-10)18(13,16)17/h1,5-7,9H,2-3H3,(H,14,15). The average molecular weight is 286 g/mol. The van der Waals surface area contributed by atoms with Gasteiger partial charge in [0.15, 0.2) is 0 Å². The monoisotopic (exact) mass is 285 g/mol. The Morgan fingerprint density at radius 2 is 2.06 bits per heavy atom. The van der Waals surface area contributed by atoms with Crippen molar-refractivity contribution in [1.82, 2.24) is 5.32 Å². The number of benzene rings is 1. The number of amides is 1. The van der Waals surface area contributed by atoms with Gasteiger partial charge in [-0.1, -0.05) is 5.92 Å². The van der Waals surface area contributed by atoms with Gasteiger partial charge in [0.2, 0.25) is 0 Å². The van der Waals surface area contributed by atoms with Crippen molar-refractivity contribution in [3.8, 4) is 12.3 Å². The largest absolute Gasteiger partial charge is 0.339 e. The van der Waals surface area contributed by atoms with Crippen molar-refractivity contribution >= 4 is 25.6 Å². The van der Waals surface area contributed by atoms with E-state index in [9.17, 15) is 13.2 Å². The Morgan fingerprint density at radius 1 is 1.44 bits per heavy atom. The Bertz CT molecular complexity index is 617. The van der Waals surface area contributed by atoms with Crippen LogP contribution >= 0.6 is 10.7 Å². The first kappa shape index (κ1) is 14.6. The normalized spacial score (nSPS) is 12.6. The molecule has 6 heteroatoms. The van der Waals surface area contributed by atoms with Gasteiger partial charge in [0.1, 0.15) is 0 Å². The van der Waals surface area contributed by atoms with Gasteiger partial charge in [-0.15, -0.1) is 6.42 Å². The summed E-state index contributed by atoms with van der Waals surface area (Å²) in [4.78, 5) is 11.7. The highest BCUT2D eigenvalue weighted by Gasteiger charge is 2.15. The van der Waals surface area contributed by atoms with Gasteiger partial charge in [-0.05, 0) is 37.6 Å². The summed E-state index contributed by atoms with van der Waals surface area (Å²) in [7, 11) is 1.38. The number of carbonyl (C=O) groups is 1. The summed E-state index contributed by atoms with van der Waals surface area (Å²) in [6.07, 6.45) is 5.15. The SMILES string of the molecule is C#CC(C)NC(=O)c1cc(C)cc(S(=O)(=O)Cl)c1. The quantitative estimate of drug-likeness (QED) is 0.679. The molecule has 0 fully saturated rings. The highest BCUT2D eigenvalue weighted by Crippen LogP contribution is 2.18. The Balaban J connectivity index is 3.16. The molecule has 1 unspecified atom stereocenters. The maximum absolute atomic E-state index is 11.8. The van der Waals surface area contributed by atoms with Gasteiger partial charge >= 0.3 is 0 Å². The van der Waals surface area contributed by atoms with Crippen LogP contribution in [-0.2, 0) is 9.05 Å². The molecule has 0 aromatic heterocycles. The number of hydrogen-bond acceptors (Lipinski definition) is 3. The Labute approximate surface area is 111 Å². The fourth-order valence-electron chi connectivity index (χ4n) is 1.34. The lowest BCUT2D eigenvalue weighted by atomic mass is 10.1. The second-order valence-electron chi connectivity index (χ2n) is 3.83. The molecule has 0 saturated heterocycles. The van der Waals surface area contributed by atoms with Gasteiger partial charge < -0.3 is 5.32 Å². The van der Waals surface area contributed by atoms with E-state index in [1.165, 1.54) is 12.1 Å². The van der Waals surface area contributed by atoms with Crippen molar-refractivity contribution in [2.45, 2.75) is 24.8 Å². The van der Waals surface area contributed by atoms with Crippen molar-refractivity contribution in [3.05, 3.63) is 29.3 Å². The van der Waals surface area contributed by atoms with E-state index in [-0.39, 0.29) is 10.5 Å². The molecule has 0 heterocycles. The number of aryl methyl sites for hydroxylation is 1. The lowest BCUT2D eigenvalue weighted by Crippen LogP contribution is -2.31. The second-order valence-corrected chi connectivity index (χ2v) is 6.40. The lowest BCUT2D eigenvalue weighted by molar-refractivity contribution is 0.0948. The van der Waals surface area contributed by atoms with Gasteiger partial charge in [-0.25, -0.2) is 8.42 Å². The molecule has 0 aliphatic carbocycles. The summed E-state index contributed by atoms with van der Waals surface area (Å²) in [6.45, 7) is 3.32. The van der Waals surface area contributed by atoms with Crippen LogP contribution in [0, 0.1) is 19.3 Å². The van der Waals surface area contributed by atoms with E-state index >= 15 is 0 Å². The van der Waals surface area contributed by atoms with Crippen LogP contribution in [0.1, 0.15) is 22.8 Å². The zero-order chi connectivity index (χ0) is 13.9. The summed E-state index contributed by atoms with van der Waals surface area (Å²) >= 11 is 0. The maximum atomic E-state index is 11.8. The number of rotatable bonds is 3. The van der Waals surface area contributed by atoms with Crippen LogP contribution in [0.3, 0.4) is 0 Å². The van der Waals surface area contributed by atoms with Crippen molar-refractivity contribution < 1.29 is 13.2 Å². The molecule has 96 valence electrons. The first-order chi connectivity index (χ1) is 8.24. The molecule has 0 radical (unpaired) electrons. The molecule has 1 aromatic rings. The summed E-state index contributed by atoms with van der Waals surface area (Å²) in [5.74, 6) is 1.91. The smallest absolute Gasteiger partial charge is 0.261 e. The van der Waals surface area contributed by atoms with Crippen LogP contribution in [0.2, 0.25) is 0 Å². The second kappa shape index (κ2) is 5.42. The Morgan fingerprint density at radius 3 is 2.56 bits per heavy atom. The maximum Gasteiger partial charge on any atom is 0.261 e. The molecular formula is C12H12ClNO3S. The Hall–Kier alpha value is -1.51. The van der Waals surface area contributed by atoms with E-state index in [1.807, 2.05) is 0 Å². The van der Waals surface area contributed by atoms with Crippen molar-refractivity contribution in [3.63, 3.8) is 0 Å². The van der Waals surface area contributed by atoms with Gasteiger partial charge in [-0.3, -0.25) is 4.79 Å². The molecule has 0 bridgehead atoms. The van der Waals surface area contributed by atoms with E-state index in [2.05, 4.69) is 11.2 Å². The minimum atomic E-state index is -3.86. The van der Waals surface area contributed by atoms with E-state index in [4.69, 9.17) is 17.1 Å². The summed E-state index contributed by atoms with van der Waals surface area (Å²) in [5.41, 5.74) is 0.826. The van der Waals surface area contributed by atoms with Gasteiger partial charge in [-0.2, -0.15) is 0 Å². The highest BCUT2D eigenvalue weighted by atomic mass is 35.7. The van der Waals surface area contributed by atoms with E-state index in [0.717, 1.165) is 0 Å². The van der Waals surface area contributed by atoms with Crippen molar-refractivity contribution in [2.24, 2.45) is 0 Å². The average Bonchev–Trinajstić information content (AvgIpc) is 2.26. The molecule has 1 N–H and O–H groups in total. The van der Waals surface area contributed by atoms with Crippen LogP contribution in [0.4, 0.5) is 0 Å². The van der Waals surface area contributed by atoms with Gasteiger partial charge in [0.05, 0.1) is 10.9 Å². The fraction of sp³-hybridized carbons (Fsp3) is 0.250. The highest BCUT2D eigenvalue weighted by molar-refractivity contribution is 8.13. The summed E-state index contributed by atoms with van der Waals surface area (Å²) in [6, 6.07) is 3.73. The van der Waals surface area contributed by atoms with Crippen LogP contribution in [0.5, 0.6) is 0 Å². The fourth-order valence-corrected chi connectivity index (χ4v) is 2.20. The molecule has 18 heavy (non-hydrogen) atoms. The molecule has 1 rings (SSSR count). The number of carbonyl (C=O) groups excluding carboxylic acids is 1. The van der Waals surface area contributed by atoms with Gasteiger partial charge in [0.25, 0.3) is 15.0 Å². The van der Waals surface area contributed by atoms with E-state index < -0.39 is 21.0 Å².